The fourth-order valence-electron chi connectivity index (χ4n) is 28.3. The molecule has 15 heterocycles. The van der Waals surface area contributed by atoms with Crippen molar-refractivity contribution >= 4 is 108 Å². The molecule has 5 fully saturated rings. The number of carbonyl (C=O) groups is 5. The first-order valence-electron chi connectivity index (χ1n) is 48.6. The number of aryl methyl sites for hydroxylation is 3. The van der Waals surface area contributed by atoms with E-state index in [0.717, 1.165) is 103 Å². The van der Waals surface area contributed by atoms with Crippen LogP contribution in [0.4, 0.5) is 0 Å². The molecule has 0 bridgehead atoms. The number of carbonyl (C=O) groups excluding carboxylic acids is 5. The molecular formula is C108H124Cl2N10O15. The van der Waals surface area contributed by atoms with Crippen molar-refractivity contribution < 1.29 is 73.2 Å². The number of fused-ring (bicyclic) bond motifs is 35. The lowest BCUT2D eigenvalue weighted by Crippen LogP contribution is -2.44. The number of hydrogen-bond acceptors (Lipinski definition) is 20. The van der Waals surface area contributed by atoms with Gasteiger partial charge in [-0.25, -0.2) is 24.0 Å². The van der Waals surface area contributed by atoms with Crippen LogP contribution < -0.4 is 0 Å². The van der Waals surface area contributed by atoms with Gasteiger partial charge in [0.25, 0.3) is 0 Å². The molecule has 135 heavy (non-hydrogen) atoms. The van der Waals surface area contributed by atoms with Gasteiger partial charge in [-0.2, -0.15) is 0 Å². The molecule has 5 aromatic heterocycles. The monoisotopic (exact) mass is 1870 g/mol. The van der Waals surface area contributed by atoms with E-state index in [-0.39, 0.29) is 167 Å². The summed E-state index contributed by atoms with van der Waals surface area (Å²) in [6.07, 6.45) is 15.8. The molecule has 25 atom stereocenters. The van der Waals surface area contributed by atoms with E-state index in [1.165, 1.54) is 152 Å². The number of nitrogens with one attached hydrogen (secondary N) is 5. The Labute approximate surface area is 795 Å². The number of halogens is 2. The Hall–Kier alpha value is -10.8. The minimum atomic E-state index is -0.405. The molecule has 5 aliphatic carbocycles. The highest BCUT2D eigenvalue weighted by Gasteiger charge is 2.60. The maximum atomic E-state index is 12.4. The van der Waals surface area contributed by atoms with Gasteiger partial charge in [-0.05, 0) is 232 Å². The van der Waals surface area contributed by atoms with Crippen LogP contribution in [0, 0.1) is 110 Å². The average molecular weight is 1870 g/mol. The molecule has 0 spiro atoms. The van der Waals surface area contributed by atoms with Crippen molar-refractivity contribution in [1.29, 1.82) is 0 Å². The summed E-state index contributed by atoms with van der Waals surface area (Å²) in [7, 11) is 7.17. The van der Waals surface area contributed by atoms with Gasteiger partial charge < -0.3 is 98.6 Å². The van der Waals surface area contributed by atoms with Crippen LogP contribution in [0.1, 0.15) is 170 Å². The highest BCUT2D eigenvalue weighted by Crippen LogP contribution is 2.62. The Kier molecular flexibility index (Phi) is 23.5. The first-order valence-corrected chi connectivity index (χ1v) is 49.4. The zero-order chi connectivity index (χ0) is 94.3. The van der Waals surface area contributed by atoms with Crippen LogP contribution in [-0.2, 0) is 79.8 Å². The van der Waals surface area contributed by atoms with Crippen LogP contribution >= 0.6 is 23.2 Å². The largest absolute Gasteiger partial charge is 0.466 e. The van der Waals surface area contributed by atoms with Gasteiger partial charge in [0.1, 0.15) is 0 Å². The first-order chi connectivity index (χ1) is 65.0. The number of para-hydroxylation sites is 1. The minimum absolute atomic E-state index is 0.0182. The second kappa shape index (κ2) is 35.0. The molecule has 5 aromatic carbocycles. The van der Waals surface area contributed by atoms with E-state index in [1.54, 1.807) is 0 Å². The van der Waals surface area contributed by atoms with Gasteiger partial charge in [-0.3, -0.25) is 0 Å². The molecule has 10 aromatic rings. The SMILES string of the molecule is COC(=O)C1=CN2CCc3c([nH]c4c(C)cccc34)[C@@H]2[C@@H]2[C@@H](C)[C@@H](O)C[C@H]12.COC(=O)C1=CN2CCc3c([nH]c4cc(C)ccc34)[C@@H]2[C@@H]2[C@@H](C)[C@@H](O)C[C@H]12.COC(=O)C1=CN2CCc3c([nH]c4cc(Cl)ccc34)[C@@H]2[C@@H]2[C@@H](C)[C@@H](O)C[C@H]12.COC(=O)C1=CN2CCc3c([nH]c4ccc(C)cc34)[C@@H]2[C@@H]2[C@@H](C)[C@@H](O)C[C@H]12.COC(=O)C1=CN2CCc3c([nH]c4ccc(Cl)cc34)[C@@H]2[C@@H]2[C@@H](C)[C@@H](O)C[C@H]12. The van der Waals surface area contributed by atoms with Crippen LogP contribution in [0.5, 0.6) is 0 Å². The number of aromatic nitrogens is 5. The molecule has 10 N–H and O–H groups in total. The highest BCUT2D eigenvalue weighted by atomic mass is 35.5. The first kappa shape index (κ1) is 90.7. The molecule has 5 saturated carbocycles. The van der Waals surface area contributed by atoms with Gasteiger partial charge >= 0.3 is 29.8 Å². The smallest absolute Gasteiger partial charge is 0.335 e. The number of aliphatic hydroxyl groups is 5. The zero-order valence-electron chi connectivity index (χ0n) is 78.9. The van der Waals surface area contributed by atoms with E-state index in [9.17, 15) is 49.5 Å². The topological polar surface area (TPSA) is 328 Å². The van der Waals surface area contributed by atoms with Crippen molar-refractivity contribution in [3.63, 3.8) is 0 Å². The van der Waals surface area contributed by atoms with Crippen LogP contribution in [-0.4, -0.2) is 204 Å². The van der Waals surface area contributed by atoms with Gasteiger partial charge in [0.05, 0.1) is 124 Å². The number of hydrogen-bond donors (Lipinski definition) is 10. The van der Waals surface area contributed by atoms with E-state index in [4.69, 9.17) is 46.9 Å². The number of H-pyrrole nitrogens is 5. The van der Waals surface area contributed by atoms with Crippen molar-refractivity contribution in [2.45, 2.75) is 180 Å². The van der Waals surface area contributed by atoms with Crippen LogP contribution in [0.25, 0.3) is 54.5 Å². The second-order valence-electron chi connectivity index (χ2n) is 41.3. The number of nitrogens with zero attached hydrogens (tertiary/aromatic N) is 5. The summed E-state index contributed by atoms with van der Waals surface area (Å²) in [5, 5.41) is 60.8. The molecule has 0 saturated heterocycles. The van der Waals surface area contributed by atoms with Crippen LogP contribution in [0.2, 0.25) is 10.0 Å². The van der Waals surface area contributed by atoms with Gasteiger partial charge in [0.15, 0.2) is 0 Å². The summed E-state index contributed by atoms with van der Waals surface area (Å²) in [5.41, 5.74) is 26.1. The molecular weight excluding hydrogens is 1750 g/mol. The predicted octanol–water partition coefficient (Wildman–Crippen LogP) is 16.1. The average Bonchev–Trinajstić information content (AvgIpc) is 1.60. The lowest BCUT2D eigenvalue weighted by atomic mass is 9.73. The van der Waals surface area contributed by atoms with E-state index >= 15 is 0 Å². The van der Waals surface area contributed by atoms with E-state index < -0.39 is 12.2 Å². The minimum Gasteiger partial charge on any atom is -0.466 e. The molecule has 15 aliphatic rings. The van der Waals surface area contributed by atoms with Gasteiger partial charge in [-0.15, -0.1) is 0 Å². The number of esters is 5. The quantitative estimate of drug-likeness (QED) is 0.0565. The zero-order valence-corrected chi connectivity index (χ0v) is 80.4. The Bertz CT molecular complexity index is 6180. The standard InChI is InChI=1S/3C22H26N2O3.2C21H23ClN2O3/c1-11-4-5-17-14(8-11)13-6-7-24-10-16(22(26)27-3)15-9-18(25)12(2)19(15)21(24)20(13)23-17;1-11-4-5-13-14-6-7-24-10-16(22(26)27-3)15-9-18(25)12(2)19(15)21(24)20(14)23-17(13)8-11;1-11-5-4-6-13-14-7-8-24-10-16(22(26)27-3)15-9-17(25)12(2)18(15)21(24)20(14)23-19(11)13;1-10-17(25)8-14-15(21(26)27-2)9-24-6-5-12-13-7-11(22)3-4-16(13)23-19(12)20(24)18(10)14;1-10-17(25)8-14-15(21(26)27-2)9-24-6-5-13-12-4-3-11(22)7-16(12)23-19(13)20(24)18(10)14/h2*4-5,8,10,12,15,18-19,21,23,25H,6-7,9H2,1-3H3;4-6,10,12,15,17-18,21,23,25H,7-9H2,1-3H3;2*3-4,7,9-10,14,17-18,20,23,25H,5-6,8H2,1-2H3/t2*12-,15+,18-,19+,21-;12-,15+,17-,18+,21-;2*10-,14+,17-,18+,20-/m00000/s1. The molecule has 10 aliphatic heterocycles. The molecule has 0 radical (unpaired) electrons. The molecule has 0 unspecified atom stereocenters. The number of aliphatic hydroxyl groups excluding tert-OH is 5. The Morgan fingerprint density at radius 1 is 0.319 bits per heavy atom. The van der Waals surface area contributed by atoms with Crippen LogP contribution in [0.3, 0.4) is 0 Å². The van der Waals surface area contributed by atoms with Crippen molar-refractivity contribution in [3.8, 4) is 0 Å². The van der Waals surface area contributed by atoms with Crippen molar-refractivity contribution in [3.05, 3.63) is 233 Å². The molecule has 27 heteroatoms. The number of methoxy groups -OCH3 is 5. The Balaban J connectivity index is 0.000000101. The lowest BCUT2D eigenvalue weighted by molar-refractivity contribution is -0.138. The fraction of sp³-hybridized carbons (Fsp3) is 0.491. The number of benzene rings is 5. The van der Waals surface area contributed by atoms with Crippen LogP contribution in [0.15, 0.2) is 150 Å². The number of rotatable bonds is 5. The third-order valence-electron chi connectivity index (χ3n) is 34.9. The Morgan fingerprint density at radius 2 is 0.593 bits per heavy atom. The van der Waals surface area contributed by atoms with E-state index in [1.807, 2.05) is 61.3 Å². The van der Waals surface area contributed by atoms with Gasteiger partial charge in [-0.1, -0.05) is 106 Å². The maximum absolute atomic E-state index is 12.4. The van der Waals surface area contributed by atoms with Crippen molar-refractivity contribution in [2.75, 3.05) is 68.3 Å². The Morgan fingerprint density at radius 3 is 0.948 bits per heavy atom. The third kappa shape index (κ3) is 14.8. The normalized spacial score (nSPS) is 31.9. The lowest BCUT2D eigenvalue weighted by Gasteiger charge is -2.46. The molecule has 25 rings (SSSR count). The maximum Gasteiger partial charge on any atom is 0.335 e. The summed E-state index contributed by atoms with van der Waals surface area (Å²) < 4.78 is 25.3. The highest BCUT2D eigenvalue weighted by molar-refractivity contribution is 6.31. The summed E-state index contributed by atoms with van der Waals surface area (Å²) in [6.45, 7) is 21.3. The van der Waals surface area contributed by atoms with E-state index in [0.29, 0.717) is 43.3 Å². The summed E-state index contributed by atoms with van der Waals surface area (Å²) in [5.74, 6) is 0.385. The summed E-state index contributed by atoms with van der Waals surface area (Å²) in [6, 6.07) is 32.4. The molecule has 0 amide bonds. The third-order valence-corrected chi connectivity index (χ3v) is 35.3. The predicted molar refractivity (Wildman–Crippen MR) is 516 cm³/mol. The van der Waals surface area contributed by atoms with Gasteiger partial charge in [0.2, 0.25) is 0 Å². The van der Waals surface area contributed by atoms with E-state index in [2.05, 4.69) is 165 Å². The van der Waals surface area contributed by atoms with Gasteiger partial charge in [0, 0.05) is 186 Å². The van der Waals surface area contributed by atoms with Crippen molar-refractivity contribution in [1.82, 2.24) is 49.4 Å². The van der Waals surface area contributed by atoms with Crippen molar-refractivity contribution in [2.24, 2.45) is 88.8 Å². The number of ether oxygens (including phenoxy) is 5. The summed E-state index contributed by atoms with van der Waals surface area (Å²) >= 11 is 12.4. The molecule has 25 nitrogen and oxygen atoms in total. The fourth-order valence-corrected chi connectivity index (χ4v) is 28.6. The summed E-state index contributed by atoms with van der Waals surface area (Å²) in [4.78, 5) is 91.8. The molecule has 710 valence electrons. The number of aromatic amines is 5. The second-order valence-corrected chi connectivity index (χ2v) is 42.2.